The molecule has 4 aromatic rings. The van der Waals surface area contributed by atoms with Crippen molar-refractivity contribution in [1.29, 1.82) is 0 Å². The van der Waals surface area contributed by atoms with Gasteiger partial charge in [0.2, 0.25) is 0 Å². The predicted molar refractivity (Wildman–Crippen MR) is 88.8 cm³/mol. The lowest BCUT2D eigenvalue weighted by molar-refractivity contribution is 0.0527. The van der Waals surface area contributed by atoms with Crippen molar-refractivity contribution in [2.75, 3.05) is 6.61 Å². The minimum Gasteiger partial charge on any atom is -0.462 e. The number of pyridine rings is 1. The van der Waals surface area contributed by atoms with Crippen LogP contribution in [-0.4, -0.2) is 22.0 Å². The number of esters is 1. The van der Waals surface area contributed by atoms with E-state index in [2.05, 4.69) is 4.40 Å². The number of nitrogens with zero attached hydrogens (tertiary/aromatic N) is 2. The van der Waals surface area contributed by atoms with Crippen molar-refractivity contribution in [2.45, 2.75) is 13.8 Å². The van der Waals surface area contributed by atoms with Crippen LogP contribution in [0, 0.1) is 6.92 Å². The summed E-state index contributed by atoms with van der Waals surface area (Å²) in [6.45, 7) is 4.14. The van der Waals surface area contributed by atoms with E-state index in [0.717, 1.165) is 32.5 Å². The standard InChI is InChI=1S/C17H14N2O2S/c1-3-21-17(20)14-10(2)19-13-7-5-4-6-12(13)18-16(19)15-11(14)8-9-22-15/h4-9H,3H2,1-2H3. The highest BCUT2D eigenvalue weighted by Gasteiger charge is 2.21. The number of hydrogen-bond acceptors (Lipinski definition) is 4. The maximum atomic E-state index is 12.4. The van der Waals surface area contributed by atoms with Crippen LogP contribution in [0.3, 0.4) is 0 Å². The molecule has 3 heterocycles. The maximum absolute atomic E-state index is 12.4. The van der Waals surface area contributed by atoms with E-state index in [4.69, 9.17) is 9.72 Å². The van der Waals surface area contributed by atoms with Crippen LogP contribution >= 0.6 is 11.3 Å². The van der Waals surface area contributed by atoms with Crippen molar-refractivity contribution in [1.82, 2.24) is 9.38 Å². The minimum atomic E-state index is -0.275. The third-order valence-electron chi connectivity index (χ3n) is 3.88. The fourth-order valence-electron chi connectivity index (χ4n) is 2.96. The van der Waals surface area contributed by atoms with Crippen LogP contribution in [0.1, 0.15) is 23.0 Å². The summed E-state index contributed by atoms with van der Waals surface area (Å²) >= 11 is 1.60. The molecule has 0 radical (unpaired) electrons. The zero-order chi connectivity index (χ0) is 15.3. The molecule has 3 aromatic heterocycles. The summed E-state index contributed by atoms with van der Waals surface area (Å²) in [5.74, 6) is -0.275. The molecule has 0 spiro atoms. The second-order valence-corrected chi connectivity index (χ2v) is 6.02. The Hall–Kier alpha value is -2.40. The van der Waals surface area contributed by atoms with Crippen LogP contribution in [-0.2, 0) is 4.74 Å². The van der Waals surface area contributed by atoms with Gasteiger partial charge >= 0.3 is 5.97 Å². The second kappa shape index (κ2) is 4.81. The molecule has 110 valence electrons. The Balaban J connectivity index is 2.22. The zero-order valence-corrected chi connectivity index (χ0v) is 13.1. The molecule has 0 saturated carbocycles. The summed E-state index contributed by atoms with van der Waals surface area (Å²) in [5.41, 5.74) is 4.34. The molecule has 0 aliphatic carbocycles. The highest BCUT2D eigenvalue weighted by Crippen LogP contribution is 2.33. The van der Waals surface area contributed by atoms with Gasteiger partial charge in [-0.3, -0.25) is 4.40 Å². The monoisotopic (exact) mass is 310 g/mol. The van der Waals surface area contributed by atoms with Crippen molar-refractivity contribution >= 4 is 44.1 Å². The molecule has 1 aromatic carbocycles. The lowest BCUT2D eigenvalue weighted by Crippen LogP contribution is -2.10. The Morgan fingerprint density at radius 3 is 2.95 bits per heavy atom. The molecule has 5 heteroatoms. The minimum absolute atomic E-state index is 0.275. The Labute approximate surface area is 131 Å². The number of aromatic nitrogens is 2. The van der Waals surface area contributed by atoms with Gasteiger partial charge in [-0.1, -0.05) is 12.1 Å². The topological polar surface area (TPSA) is 43.6 Å². The third kappa shape index (κ3) is 1.69. The molecule has 0 fully saturated rings. The van der Waals surface area contributed by atoms with E-state index in [-0.39, 0.29) is 5.97 Å². The van der Waals surface area contributed by atoms with Crippen molar-refractivity contribution in [2.24, 2.45) is 0 Å². The maximum Gasteiger partial charge on any atom is 0.340 e. The van der Waals surface area contributed by atoms with Gasteiger partial charge in [0.1, 0.15) is 0 Å². The molecule has 0 unspecified atom stereocenters. The summed E-state index contributed by atoms with van der Waals surface area (Å²) in [7, 11) is 0. The van der Waals surface area contributed by atoms with E-state index in [1.165, 1.54) is 0 Å². The number of thiophene rings is 1. The molecule has 0 atom stereocenters. The number of para-hydroxylation sites is 2. The van der Waals surface area contributed by atoms with E-state index < -0.39 is 0 Å². The lowest BCUT2D eigenvalue weighted by Gasteiger charge is -2.10. The molecule has 0 bridgehead atoms. The third-order valence-corrected chi connectivity index (χ3v) is 4.79. The molecule has 0 N–H and O–H groups in total. The van der Waals surface area contributed by atoms with Gasteiger partial charge in [-0.15, -0.1) is 11.3 Å². The van der Waals surface area contributed by atoms with Crippen LogP contribution in [0.15, 0.2) is 35.7 Å². The number of hydrogen-bond donors (Lipinski definition) is 0. The molecular weight excluding hydrogens is 296 g/mol. The first-order chi connectivity index (χ1) is 10.7. The van der Waals surface area contributed by atoms with Crippen LogP contribution in [0.2, 0.25) is 0 Å². The fraction of sp³-hybridized carbons (Fsp3) is 0.176. The molecule has 0 aliphatic rings. The number of ether oxygens (including phenoxy) is 1. The highest BCUT2D eigenvalue weighted by atomic mass is 32.1. The number of imidazole rings is 1. The number of aryl methyl sites for hydroxylation is 1. The smallest absolute Gasteiger partial charge is 0.340 e. The van der Waals surface area contributed by atoms with E-state index >= 15 is 0 Å². The lowest BCUT2D eigenvalue weighted by atomic mass is 10.1. The molecule has 4 nitrogen and oxygen atoms in total. The average Bonchev–Trinajstić information content (AvgIpc) is 3.11. The summed E-state index contributed by atoms with van der Waals surface area (Å²) in [4.78, 5) is 17.2. The molecule has 22 heavy (non-hydrogen) atoms. The van der Waals surface area contributed by atoms with Crippen LogP contribution in [0.4, 0.5) is 0 Å². The number of rotatable bonds is 2. The van der Waals surface area contributed by atoms with E-state index in [0.29, 0.717) is 12.2 Å². The van der Waals surface area contributed by atoms with Crippen molar-refractivity contribution < 1.29 is 9.53 Å². The molecule has 4 rings (SSSR count). The van der Waals surface area contributed by atoms with E-state index in [1.54, 1.807) is 11.3 Å². The van der Waals surface area contributed by atoms with Gasteiger partial charge in [-0.2, -0.15) is 0 Å². The molecule has 0 aliphatic heterocycles. The fourth-order valence-corrected chi connectivity index (χ4v) is 3.84. The van der Waals surface area contributed by atoms with Crippen molar-refractivity contribution in [3.05, 3.63) is 47.0 Å². The van der Waals surface area contributed by atoms with Gasteiger partial charge in [0.25, 0.3) is 0 Å². The molecule has 0 saturated heterocycles. The van der Waals surface area contributed by atoms with Crippen LogP contribution in [0.25, 0.3) is 26.8 Å². The highest BCUT2D eigenvalue weighted by molar-refractivity contribution is 7.18. The van der Waals surface area contributed by atoms with Gasteiger partial charge in [-0.05, 0) is 37.4 Å². The number of carbonyl (C=O) groups is 1. The second-order valence-electron chi connectivity index (χ2n) is 5.10. The summed E-state index contributed by atoms with van der Waals surface area (Å²) in [6.07, 6.45) is 0. The summed E-state index contributed by atoms with van der Waals surface area (Å²) < 4.78 is 8.33. The van der Waals surface area contributed by atoms with Crippen molar-refractivity contribution in [3.63, 3.8) is 0 Å². The number of carbonyl (C=O) groups excluding carboxylic acids is 1. The Bertz CT molecular complexity index is 1030. The van der Waals surface area contributed by atoms with Gasteiger partial charge in [0, 0.05) is 11.1 Å². The SMILES string of the molecule is CCOC(=O)c1c(C)n2c3ccccc3nc2c2sccc12. The van der Waals surface area contributed by atoms with Crippen molar-refractivity contribution in [3.8, 4) is 0 Å². The summed E-state index contributed by atoms with van der Waals surface area (Å²) in [6, 6.07) is 9.95. The Morgan fingerprint density at radius 1 is 1.32 bits per heavy atom. The van der Waals surface area contributed by atoms with Gasteiger partial charge in [-0.25, -0.2) is 9.78 Å². The van der Waals surface area contributed by atoms with Gasteiger partial charge in [0.05, 0.1) is 27.9 Å². The van der Waals surface area contributed by atoms with Crippen LogP contribution < -0.4 is 0 Å². The molecule has 0 amide bonds. The first-order valence-corrected chi connectivity index (χ1v) is 8.04. The van der Waals surface area contributed by atoms with E-state index in [1.807, 2.05) is 49.6 Å². The first kappa shape index (κ1) is 13.3. The number of fused-ring (bicyclic) bond motifs is 5. The van der Waals surface area contributed by atoms with E-state index in [9.17, 15) is 4.79 Å². The van der Waals surface area contributed by atoms with Crippen LogP contribution in [0.5, 0.6) is 0 Å². The van der Waals surface area contributed by atoms with Gasteiger partial charge in [0.15, 0.2) is 5.65 Å². The van der Waals surface area contributed by atoms with Gasteiger partial charge < -0.3 is 4.74 Å². The Morgan fingerprint density at radius 2 is 2.14 bits per heavy atom. The predicted octanol–water partition coefficient (Wildman–Crippen LogP) is 4.19. The quantitative estimate of drug-likeness (QED) is 0.521. The number of benzene rings is 1. The first-order valence-electron chi connectivity index (χ1n) is 7.16. The largest absolute Gasteiger partial charge is 0.462 e. The Kier molecular flexibility index (Phi) is 2.90. The average molecular weight is 310 g/mol. The zero-order valence-electron chi connectivity index (χ0n) is 12.3. The summed E-state index contributed by atoms with van der Waals surface area (Å²) in [5, 5.41) is 2.91. The molecular formula is C17H14N2O2S. The normalized spacial score (nSPS) is 11.5.